The minimum absolute atomic E-state index is 0.167. The molecule has 1 saturated heterocycles. The highest BCUT2D eigenvalue weighted by molar-refractivity contribution is 5.86. The summed E-state index contributed by atoms with van der Waals surface area (Å²) in [6, 6.07) is 31.8. The van der Waals surface area contributed by atoms with Crippen LogP contribution in [0.5, 0.6) is 5.75 Å². The van der Waals surface area contributed by atoms with Crippen molar-refractivity contribution in [3.63, 3.8) is 0 Å². The molecule has 0 aromatic heterocycles. The summed E-state index contributed by atoms with van der Waals surface area (Å²) in [7, 11) is 0. The van der Waals surface area contributed by atoms with Crippen molar-refractivity contribution in [3.05, 3.63) is 124 Å². The molecule has 0 N–H and O–H groups in total. The molecule has 182 valence electrons. The molecular weight excluding hydrogens is 440 g/mol. The molecule has 0 saturated carbocycles. The quantitative estimate of drug-likeness (QED) is 0.250. The van der Waals surface area contributed by atoms with Gasteiger partial charge < -0.3 is 9.47 Å². The van der Waals surface area contributed by atoms with Gasteiger partial charge >= 0.3 is 0 Å². The van der Waals surface area contributed by atoms with E-state index < -0.39 is 0 Å². The van der Waals surface area contributed by atoms with Crippen LogP contribution in [0.1, 0.15) is 52.3 Å². The van der Waals surface area contributed by atoms with Crippen LogP contribution in [0.2, 0.25) is 0 Å². The lowest BCUT2D eigenvalue weighted by atomic mass is 9.67. The van der Waals surface area contributed by atoms with Crippen LogP contribution in [0.4, 0.5) is 0 Å². The Labute approximate surface area is 214 Å². The van der Waals surface area contributed by atoms with Gasteiger partial charge in [0.15, 0.2) is 0 Å². The van der Waals surface area contributed by atoms with Gasteiger partial charge in [0.25, 0.3) is 0 Å². The van der Waals surface area contributed by atoms with Crippen LogP contribution in [0.25, 0.3) is 11.1 Å². The summed E-state index contributed by atoms with van der Waals surface area (Å²) in [5.74, 6) is 0.921. The van der Waals surface area contributed by atoms with Crippen LogP contribution in [-0.2, 0) is 10.2 Å². The average molecular weight is 475 g/mol. The lowest BCUT2D eigenvalue weighted by Gasteiger charge is -2.40. The highest BCUT2D eigenvalue weighted by Crippen LogP contribution is 2.56. The predicted octanol–water partition coefficient (Wildman–Crippen LogP) is 7.78. The highest BCUT2D eigenvalue weighted by atomic mass is 16.5. The van der Waals surface area contributed by atoms with Gasteiger partial charge in [-0.15, -0.1) is 0 Å². The van der Waals surface area contributed by atoms with E-state index in [0.29, 0.717) is 6.61 Å². The Hall–Kier alpha value is -3.36. The Bertz CT molecular complexity index is 1350. The second kappa shape index (κ2) is 8.64. The fourth-order valence-corrected chi connectivity index (χ4v) is 5.96. The number of hydrogen-bond acceptors (Lipinski definition) is 2. The molecule has 0 bridgehead atoms. The zero-order valence-corrected chi connectivity index (χ0v) is 21.7. The topological polar surface area (TPSA) is 18.5 Å². The van der Waals surface area contributed by atoms with E-state index in [9.17, 15) is 0 Å². The van der Waals surface area contributed by atoms with Crippen molar-refractivity contribution < 1.29 is 9.47 Å². The summed E-state index contributed by atoms with van der Waals surface area (Å²) in [5, 5.41) is 0. The van der Waals surface area contributed by atoms with Crippen molar-refractivity contribution in [3.8, 4) is 16.9 Å². The third-order valence-corrected chi connectivity index (χ3v) is 8.33. The number of fused-ring (bicyclic) bond motifs is 3. The summed E-state index contributed by atoms with van der Waals surface area (Å²) >= 11 is 0. The van der Waals surface area contributed by atoms with Gasteiger partial charge in [-0.05, 0) is 72.7 Å². The van der Waals surface area contributed by atoms with Crippen molar-refractivity contribution in [1.29, 1.82) is 0 Å². The second-order valence-corrected chi connectivity index (χ2v) is 10.9. The zero-order chi connectivity index (χ0) is 24.9. The third kappa shape index (κ3) is 3.50. The molecule has 2 nitrogen and oxygen atoms in total. The molecule has 1 aliphatic carbocycles. The van der Waals surface area contributed by atoms with Gasteiger partial charge in [-0.2, -0.15) is 0 Å². The first-order valence-corrected chi connectivity index (χ1v) is 13.1. The van der Waals surface area contributed by atoms with E-state index in [1.165, 1.54) is 50.1 Å². The van der Waals surface area contributed by atoms with Gasteiger partial charge in [0.2, 0.25) is 0 Å². The van der Waals surface area contributed by atoms with E-state index >= 15 is 0 Å². The third-order valence-electron chi connectivity index (χ3n) is 8.33. The minimum Gasteiger partial charge on any atom is -0.493 e. The van der Waals surface area contributed by atoms with E-state index in [-0.39, 0.29) is 10.8 Å². The van der Waals surface area contributed by atoms with Crippen molar-refractivity contribution in [2.24, 2.45) is 5.41 Å². The smallest absolute Gasteiger partial charge is 0.119 e. The SMILES string of the molecule is CCC1(COc2ccc(C3(c4ccc(C)cc4)c4cc(C)ccc4-c4ccc(C)cc43)cc2)COC1. The summed E-state index contributed by atoms with van der Waals surface area (Å²) in [6.45, 7) is 11.1. The largest absolute Gasteiger partial charge is 0.493 e. The fraction of sp³-hybridized carbons (Fsp3) is 0.294. The van der Waals surface area contributed by atoms with Gasteiger partial charge in [-0.3, -0.25) is 0 Å². The Balaban J connectivity index is 1.52. The van der Waals surface area contributed by atoms with Crippen LogP contribution in [0.3, 0.4) is 0 Å². The first-order chi connectivity index (χ1) is 17.4. The number of benzene rings is 4. The second-order valence-electron chi connectivity index (χ2n) is 10.9. The molecule has 2 aliphatic rings. The highest BCUT2D eigenvalue weighted by Gasteiger charge is 2.46. The lowest BCUT2D eigenvalue weighted by Crippen LogP contribution is -2.46. The summed E-state index contributed by atoms with van der Waals surface area (Å²) < 4.78 is 11.8. The van der Waals surface area contributed by atoms with Gasteiger partial charge in [0.1, 0.15) is 5.75 Å². The van der Waals surface area contributed by atoms with Crippen LogP contribution in [0, 0.1) is 26.2 Å². The molecule has 2 heteroatoms. The van der Waals surface area contributed by atoms with Gasteiger partial charge in [0.05, 0.1) is 30.7 Å². The van der Waals surface area contributed by atoms with Gasteiger partial charge in [0, 0.05) is 0 Å². The Kier molecular flexibility index (Phi) is 5.53. The van der Waals surface area contributed by atoms with Crippen molar-refractivity contribution in [2.45, 2.75) is 39.5 Å². The normalized spacial score (nSPS) is 16.7. The molecule has 4 aromatic carbocycles. The Morgan fingerprint density at radius 2 is 1.17 bits per heavy atom. The van der Waals surface area contributed by atoms with E-state index in [0.717, 1.165) is 25.4 Å². The maximum absolute atomic E-state index is 6.27. The molecule has 1 aliphatic heterocycles. The van der Waals surface area contributed by atoms with Crippen LogP contribution in [0.15, 0.2) is 84.9 Å². The number of rotatable bonds is 6. The number of hydrogen-bond donors (Lipinski definition) is 0. The molecule has 6 rings (SSSR count). The summed E-state index contributed by atoms with van der Waals surface area (Å²) in [6.07, 6.45) is 1.08. The summed E-state index contributed by atoms with van der Waals surface area (Å²) in [5.41, 5.74) is 11.6. The van der Waals surface area contributed by atoms with E-state index in [1.807, 2.05) is 0 Å². The number of aryl methyl sites for hydroxylation is 3. The van der Waals surface area contributed by atoms with Crippen LogP contribution >= 0.6 is 0 Å². The standard InChI is InChI=1S/C34H34O2/c1-5-33(20-35-21-33)22-36-28-14-12-27(13-15-28)34(26-10-6-23(2)7-11-26)31-18-24(3)8-16-29(31)30-17-9-25(4)19-32(30)34/h6-19H,5,20-22H2,1-4H3. The molecule has 4 aromatic rings. The van der Waals surface area contributed by atoms with E-state index in [2.05, 4.69) is 113 Å². The molecule has 0 atom stereocenters. The summed E-state index contributed by atoms with van der Waals surface area (Å²) in [4.78, 5) is 0. The molecular formula is C34H34O2. The molecule has 0 spiro atoms. The maximum Gasteiger partial charge on any atom is 0.119 e. The zero-order valence-electron chi connectivity index (χ0n) is 21.7. The predicted molar refractivity (Wildman–Crippen MR) is 147 cm³/mol. The molecule has 1 heterocycles. The van der Waals surface area contributed by atoms with Gasteiger partial charge in [-0.1, -0.05) is 96.4 Å². The Morgan fingerprint density at radius 1 is 0.667 bits per heavy atom. The molecule has 36 heavy (non-hydrogen) atoms. The molecule has 0 radical (unpaired) electrons. The average Bonchev–Trinajstić information content (AvgIpc) is 3.14. The van der Waals surface area contributed by atoms with Crippen LogP contribution < -0.4 is 4.74 Å². The Morgan fingerprint density at radius 3 is 1.64 bits per heavy atom. The molecule has 1 fully saturated rings. The fourth-order valence-electron chi connectivity index (χ4n) is 5.96. The first kappa shape index (κ1) is 23.1. The van der Waals surface area contributed by atoms with Gasteiger partial charge in [-0.25, -0.2) is 0 Å². The number of ether oxygens (including phenoxy) is 2. The monoisotopic (exact) mass is 474 g/mol. The lowest BCUT2D eigenvalue weighted by molar-refractivity contribution is -0.133. The van der Waals surface area contributed by atoms with Crippen LogP contribution in [-0.4, -0.2) is 19.8 Å². The molecule has 0 amide bonds. The van der Waals surface area contributed by atoms with Crippen molar-refractivity contribution >= 4 is 0 Å². The first-order valence-electron chi connectivity index (χ1n) is 13.1. The minimum atomic E-state index is -0.374. The molecule has 0 unspecified atom stereocenters. The van der Waals surface area contributed by atoms with E-state index in [4.69, 9.17) is 9.47 Å². The maximum atomic E-state index is 6.27. The van der Waals surface area contributed by atoms with Crippen molar-refractivity contribution in [1.82, 2.24) is 0 Å². The van der Waals surface area contributed by atoms with Crippen molar-refractivity contribution in [2.75, 3.05) is 19.8 Å². The van der Waals surface area contributed by atoms with E-state index in [1.54, 1.807) is 0 Å².